The predicted octanol–water partition coefficient (Wildman–Crippen LogP) is 5.67. The highest BCUT2D eigenvalue weighted by molar-refractivity contribution is 5.88. The van der Waals surface area contributed by atoms with Gasteiger partial charge in [-0.15, -0.1) is 0 Å². The Bertz CT molecular complexity index is 994. The maximum atomic E-state index is 12.6. The highest BCUT2D eigenvalue weighted by Gasteiger charge is 2.70. The summed E-state index contributed by atoms with van der Waals surface area (Å²) < 4.78 is 5.87. The van der Waals surface area contributed by atoms with Crippen molar-refractivity contribution in [2.24, 2.45) is 39.9 Å². The molecule has 0 aliphatic heterocycles. The van der Waals surface area contributed by atoms with Crippen LogP contribution >= 0.6 is 0 Å². The molecule has 0 unspecified atom stereocenters. The molecule has 6 heteroatoms. The number of carbonyl (C=O) groups is 2. The molecule has 0 aromatic heterocycles. The standard InChI is InChI=1S/C31H48O6/c1-17(2)9-8-10-20(28(35)36)26-22-15-24(34)27-29(5)13-12-23(33)18(3)21(29)11-14-30(27,6)31(22,7)16-25(26)37-19(4)32/h9,18,21-25,27,33-34H,8,10-16H2,1-7H3,(H,35,36)/b26-20+/t18-,21+,22-,23+,24+,25-,27-,29-,30-,31-/m1/s1. The molecule has 0 bridgehead atoms. The van der Waals surface area contributed by atoms with E-state index in [1.54, 1.807) is 0 Å². The van der Waals surface area contributed by atoms with Crippen molar-refractivity contribution in [2.45, 2.75) is 118 Å². The lowest BCUT2D eigenvalue weighted by Gasteiger charge is -2.69. The zero-order valence-electron chi connectivity index (χ0n) is 23.8. The van der Waals surface area contributed by atoms with Crippen molar-refractivity contribution in [3.8, 4) is 0 Å². The van der Waals surface area contributed by atoms with E-state index in [0.717, 1.165) is 36.8 Å². The number of ether oxygens (including phenoxy) is 1. The van der Waals surface area contributed by atoms with Crippen LogP contribution in [0.2, 0.25) is 0 Å². The number of hydrogen-bond donors (Lipinski definition) is 3. The number of aliphatic carboxylic acids is 1. The first-order chi connectivity index (χ1) is 17.2. The van der Waals surface area contributed by atoms with Crippen LogP contribution in [0.25, 0.3) is 0 Å². The fourth-order valence-corrected chi connectivity index (χ4v) is 9.79. The molecule has 208 valence electrons. The lowest BCUT2D eigenvalue weighted by atomic mass is 9.36. The number of aliphatic hydroxyl groups excluding tert-OH is 2. The SMILES string of the molecule is CC(=O)O[C@@H]1C[C@]2(C)[C@H](C[C@H](O)[C@@H]3[C@]4(C)CC[C@H](O)[C@H](C)[C@@H]4CC[C@]32C)/C1=C(/CCC=C(C)C)C(=O)O. The van der Waals surface area contributed by atoms with Crippen LogP contribution in [0.15, 0.2) is 22.8 Å². The summed E-state index contributed by atoms with van der Waals surface area (Å²) in [6.07, 6.45) is 6.22. The number of hydrogen-bond acceptors (Lipinski definition) is 5. The molecule has 0 spiro atoms. The Morgan fingerprint density at radius 1 is 1.03 bits per heavy atom. The first-order valence-electron chi connectivity index (χ1n) is 14.3. The van der Waals surface area contributed by atoms with Crippen LogP contribution in [0.5, 0.6) is 0 Å². The van der Waals surface area contributed by atoms with E-state index in [9.17, 15) is 24.9 Å². The summed E-state index contributed by atoms with van der Waals surface area (Å²) in [5.41, 5.74) is 1.57. The Labute approximate surface area is 222 Å². The second kappa shape index (κ2) is 9.82. The van der Waals surface area contributed by atoms with Gasteiger partial charge in [0.05, 0.1) is 12.2 Å². The summed E-state index contributed by atoms with van der Waals surface area (Å²) in [5.74, 6) is -0.909. The molecule has 4 aliphatic carbocycles. The molecule has 0 aromatic rings. The van der Waals surface area contributed by atoms with Crippen molar-refractivity contribution in [3.05, 3.63) is 22.8 Å². The Balaban J connectivity index is 1.82. The third kappa shape index (κ3) is 4.40. The minimum absolute atomic E-state index is 0.0474. The van der Waals surface area contributed by atoms with Crippen molar-refractivity contribution in [1.82, 2.24) is 0 Å². The number of allylic oxidation sites excluding steroid dienone is 2. The smallest absolute Gasteiger partial charge is 0.331 e. The van der Waals surface area contributed by atoms with Crippen LogP contribution in [-0.4, -0.2) is 45.6 Å². The van der Waals surface area contributed by atoms with Gasteiger partial charge in [0.2, 0.25) is 0 Å². The van der Waals surface area contributed by atoms with E-state index >= 15 is 0 Å². The fraction of sp³-hybridized carbons (Fsp3) is 0.806. The van der Waals surface area contributed by atoms with Gasteiger partial charge < -0.3 is 20.1 Å². The molecule has 4 aliphatic rings. The van der Waals surface area contributed by atoms with Crippen molar-refractivity contribution < 1.29 is 29.6 Å². The van der Waals surface area contributed by atoms with Gasteiger partial charge in [-0.3, -0.25) is 4.79 Å². The van der Waals surface area contributed by atoms with Crippen LogP contribution in [0, 0.1) is 39.9 Å². The lowest BCUT2D eigenvalue weighted by Crippen LogP contribution is -2.65. The van der Waals surface area contributed by atoms with E-state index < -0.39 is 24.1 Å². The average Bonchev–Trinajstić information content (AvgIpc) is 3.05. The number of esters is 1. The van der Waals surface area contributed by atoms with E-state index in [1.807, 2.05) is 19.9 Å². The summed E-state index contributed by atoms with van der Waals surface area (Å²) in [7, 11) is 0. The summed E-state index contributed by atoms with van der Waals surface area (Å²) in [5, 5.41) is 32.9. The molecule has 0 aromatic carbocycles. The maximum absolute atomic E-state index is 12.6. The Hall–Kier alpha value is -1.66. The van der Waals surface area contributed by atoms with Crippen molar-refractivity contribution in [1.29, 1.82) is 0 Å². The normalized spacial score (nSPS) is 46.2. The van der Waals surface area contributed by atoms with E-state index in [1.165, 1.54) is 6.92 Å². The van der Waals surface area contributed by atoms with Crippen LogP contribution in [-0.2, 0) is 14.3 Å². The van der Waals surface area contributed by atoms with Crippen LogP contribution < -0.4 is 0 Å². The number of carboxylic acids is 1. The molecular weight excluding hydrogens is 468 g/mol. The largest absolute Gasteiger partial charge is 0.478 e. The van der Waals surface area contributed by atoms with Gasteiger partial charge in [0, 0.05) is 12.5 Å². The van der Waals surface area contributed by atoms with Gasteiger partial charge in [-0.05, 0) is 111 Å². The van der Waals surface area contributed by atoms with Crippen LogP contribution in [0.1, 0.15) is 99.8 Å². The Morgan fingerprint density at radius 2 is 1.70 bits per heavy atom. The first kappa shape index (κ1) is 28.4. The number of carboxylic acid groups (broad SMARTS) is 1. The van der Waals surface area contributed by atoms with E-state index in [4.69, 9.17) is 4.74 Å². The second-order valence-corrected chi connectivity index (χ2v) is 13.6. The minimum Gasteiger partial charge on any atom is -0.478 e. The van der Waals surface area contributed by atoms with Gasteiger partial charge in [-0.25, -0.2) is 4.79 Å². The van der Waals surface area contributed by atoms with Crippen molar-refractivity contribution in [3.63, 3.8) is 0 Å². The third-order valence-corrected chi connectivity index (χ3v) is 11.6. The molecule has 3 N–H and O–H groups in total. The molecule has 0 saturated heterocycles. The third-order valence-electron chi connectivity index (χ3n) is 11.6. The highest BCUT2D eigenvalue weighted by Crippen LogP contribution is 2.74. The van der Waals surface area contributed by atoms with Crippen LogP contribution in [0.4, 0.5) is 0 Å². The predicted molar refractivity (Wildman–Crippen MR) is 143 cm³/mol. The van der Waals surface area contributed by atoms with Gasteiger partial charge in [-0.2, -0.15) is 0 Å². The van der Waals surface area contributed by atoms with Gasteiger partial charge in [0.1, 0.15) is 6.10 Å². The molecular formula is C31H48O6. The molecule has 10 atom stereocenters. The molecule has 0 radical (unpaired) electrons. The number of aliphatic hydroxyl groups is 2. The Morgan fingerprint density at radius 3 is 2.30 bits per heavy atom. The molecule has 4 rings (SSSR count). The van der Waals surface area contributed by atoms with Gasteiger partial charge in [0.25, 0.3) is 0 Å². The minimum atomic E-state index is -0.953. The average molecular weight is 517 g/mol. The summed E-state index contributed by atoms with van der Waals surface area (Å²) in [6, 6.07) is 0. The molecule has 6 nitrogen and oxygen atoms in total. The quantitative estimate of drug-likeness (QED) is 0.247. The number of rotatable bonds is 5. The number of carbonyl (C=O) groups excluding carboxylic acids is 1. The topological polar surface area (TPSA) is 104 Å². The van der Waals surface area contributed by atoms with Crippen molar-refractivity contribution in [2.75, 3.05) is 0 Å². The van der Waals surface area contributed by atoms with E-state index in [-0.39, 0.29) is 40.1 Å². The monoisotopic (exact) mass is 516 g/mol. The molecule has 0 amide bonds. The molecule has 37 heavy (non-hydrogen) atoms. The lowest BCUT2D eigenvalue weighted by molar-refractivity contribution is -0.234. The molecule has 4 saturated carbocycles. The van der Waals surface area contributed by atoms with E-state index in [0.29, 0.717) is 37.2 Å². The Kier molecular flexibility index (Phi) is 7.53. The van der Waals surface area contributed by atoms with E-state index in [2.05, 4.69) is 27.7 Å². The van der Waals surface area contributed by atoms with Gasteiger partial charge >= 0.3 is 11.9 Å². The highest BCUT2D eigenvalue weighted by atomic mass is 16.5. The zero-order valence-corrected chi connectivity index (χ0v) is 23.8. The van der Waals surface area contributed by atoms with Gasteiger partial charge in [0.15, 0.2) is 0 Å². The van der Waals surface area contributed by atoms with Crippen molar-refractivity contribution >= 4 is 11.9 Å². The fourth-order valence-electron chi connectivity index (χ4n) is 9.79. The second-order valence-electron chi connectivity index (χ2n) is 13.6. The number of fused-ring (bicyclic) bond motifs is 5. The first-order valence-corrected chi connectivity index (χ1v) is 14.3. The molecule has 4 fully saturated rings. The van der Waals surface area contributed by atoms with Gasteiger partial charge in [-0.1, -0.05) is 39.3 Å². The van der Waals surface area contributed by atoms with Crippen LogP contribution in [0.3, 0.4) is 0 Å². The maximum Gasteiger partial charge on any atom is 0.331 e. The molecule has 0 heterocycles. The summed E-state index contributed by atoms with van der Waals surface area (Å²) in [4.78, 5) is 24.8. The summed E-state index contributed by atoms with van der Waals surface area (Å²) >= 11 is 0. The zero-order chi connectivity index (χ0) is 27.5. The summed E-state index contributed by atoms with van der Waals surface area (Å²) in [6.45, 7) is 14.5.